The van der Waals surface area contributed by atoms with Crippen LogP contribution in [0, 0.1) is 5.92 Å². The van der Waals surface area contributed by atoms with Crippen LogP contribution in [0.1, 0.15) is 39.0 Å². The first-order chi connectivity index (χ1) is 7.77. The molecule has 2 aliphatic rings. The molecule has 16 heavy (non-hydrogen) atoms. The first-order valence-corrected chi connectivity index (χ1v) is 6.17. The van der Waals surface area contributed by atoms with E-state index in [1.165, 1.54) is 0 Å². The van der Waals surface area contributed by atoms with Gasteiger partial charge in [0.15, 0.2) is 0 Å². The van der Waals surface area contributed by atoms with E-state index in [4.69, 9.17) is 4.74 Å². The third kappa shape index (κ3) is 1.93. The molecule has 0 aromatic rings. The molecule has 1 heterocycles. The monoisotopic (exact) mass is 225 g/mol. The van der Waals surface area contributed by atoms with Crippen molar-refractivity contribution in [2.24, 2.45) is 5.92 Å². The van der Waals surface area contributed by atoms with Gasteiger partial charge in [-0.1, -0.05) is 13.3 Å². The second kappa shape index (κ2) is 4.85. The molecule has 3 atom stereocenters. The molecular formula is C12H19NO3. The fraction of sp³-hybridized carbons (Fsp3) is 0.833. The van der Waals surface area contributed by atoms with Crippen LogP contribution in [0.2, 0.25) is 0 Å². The number of unbranched alkanes of at least 4 members (excludes halogenated alkanes) is 1. The van der Waals surface area contributed by atoms with Crippen molar-refractivity contribution in [1.29, 1.82) is 0 Å². The van der Waals surface area contributed by atoms with Crippen LogP contribution < -0.4 is 0 Å². The van der Waals surface area contributed by atoms with E-state index in [0.29, 0.717) is 6.47 Å². The Kier molecular flexibility index (Phi) is 3.46. The van der Waals surface area contributed by atoms with Crippen LogP contribution in [0.5, 0.6) is 0 Å². The minimum absolute atomic E-state index is 0.0722. The highest BCUT2D eigenvalue weighted by molar-refractivity contribution is 5.82. The van der Waals surface area contributed by atoms with Crippen LogP contribution in [0.25, 0.3) is 0 Å². The summed E-state index contributed by atoms with van der Waals surface area (Å²) >= 11 is 0. The fourth-order valence-electron chi connectivity index (χ4n) is 2.90. The Morgan fingerprint density at radius 2 is 2.31 bits per heavy atom. The lowest BCUT2D eigenvalue weighted by Gasteiger charge is -2.30. The Morgan fingerprint density at radius 3 is 3.00 bits per heavy atom. The Hall–Kier alpha value is -1.06. The molecule has 90 valence electrons. The van der Waals surface area contributed by atoms with E-state index in [0.717, 1.165) is 38.6 Å². The lowest BCUT2D eigenvalue weighted by Crippen LogP contribution is -2.42. The standard InChI is InChI=1S/C12H19NO3/c1-2-3-6-13-10-7-9(12(13)15)4-5-11(10)16-8-14/h8-11H,2-7H2,1H3. The summed E-state index contributed by atoms with van der Waals surface area (Å²) < 4.78 is 5.10. The highest BCUT2D eigenvalue weighted by Crippen LogP contribution is 2.37. The number of amides is 1. The molecule has 1 saturated heterocycles. The summed E-state index contributed by atoms with van der Waals surface area (Å²) in [4.78, 5) is 24.4. The second-order valence-electron chi connectivity index (χ2n) is 4.73. The topological polar surface area (TPSA) is 46.6 Å². The van der Waals surface area contributed by atoms with Crippen molar-refractivity contribution >= 4 is 12.4 Å². The molecule has 0 N–H and O–H groups in total. The fourth-order valence-corrected chi connectivity index (χ4v) is 2.90. The summed E-state index contributed by atoms with van der Waals surface area (Å²) in [5, 5.41) is 0. The maximum absolute atomic E-state index is 12.0. The van der Waals surface area contributed by atoms with E-state index >= 15 is 0 Å². The van der Waals surface area contributed by atoms with Crippen LogP contribution >= 0.6 is 0 Å². The molecule has 0 aromatic heterocycles. The zero-order valence-corrected chi connectivity index (χ0v) is 9.72. The van der Waals surface area contributed by atoms with E-state index < -0.39 is 0 Å². The van der Waals surface area contributed by atoms with Gasteiger partial charge in [-0.25, -0.2) is 0 Å². The number of fused-ring (bicyclic) bond motifs is 2. The largest absolute Gasteiger partial charge is 0.462 e. The number of nitrogens with zero attached hydrogens (tertiary/aromatic N) is 1. The molecule has 2 rings (SSSR count). The summed E-state index contributed by atoms with van der Waals surface area (Å²) in [6.07, 6.45) is 4.63. The van der Waals surface area contributed by atoms with Crippen LogP contribution in [-0.4, -0.2) is 36.0 Å². The number of carbonyl (C=O) groups excluding carboxylic acids is 2. The summed E-state index contributed by atoms with van der Waals surface area (Å²) in [6, 6.07) is 0.142. The Bertz CT molecular complexity index is 279. The van der Waals surface area contributed by atoms with Gasteiger partial charge in [0, 0.05) is 12.5 Å². The van der Waals surface area contributed by atoms with Crippen molar-refractivity contribution in [3.8, 4) is 0 Å². The summed E-state index contributed by atoms with van der Waals surface area (Å²) in [5.74, 6) is 0.462. The van der Waals surface area contributed by atoms with Crippen molar-refractivity contribution in [3.05, 3.63) is 0 Å². The predicted molar refractivity (Wildman–Crippen MR) is 58.7 cm³/mol. The molecule has 4 heteroatoms. The van der Waals surface area contributed by atoms with Crippen molar-refractivity contribution in [2.75, 3.05) is 6.54 Å². The third-order valence-corrected chi connectivity index (χ3v) is 3.77. The van der Waals surface area contributed by atoms with E-state index in [9.17, 15) is 9.59 Å². The van der Waals surface area contributed by atoms with Gasteiger partial charge < -0.3 is 9.64 Å². The van der Waals surface area contributed by atoms with E-state index in [2.05, 4.69) is 6.92 Å². The number of hydrogen-bond donors (Lipinski definition) is 0. The van der Waals surface area contributed by atoms with Gasteiger partial charge in [-0.15, -0.1) is 0 Å². The first kappa shape index (κ1) is 11.4. The SMILES string of the molecule is CCCCN1C(=O)C2CCC(OC=O)C1C2. The normalized spacial score (nSPS) is 32.9. The van der Waals surface area contributed by atoms with E-state index in [1.807, 2.05) is 4.90 Å². The van der Waals surface area contributed by atoms with Gasteiger partial charge in [0.2, 0.25) is 5.91 Å². The van der Waals surface area contributed by atoms with Gasteiger partial charge in [0.1, 0.15) is 6.10 Å². The molecule has 0 aromatic carbocycles. The van der Waals surface area contributed by atoms with Crippen LogP contribution in [0.15, 0.2) is 0 Å². The Balaban J connectivity index is 2.05. The minimum Gasteiger partial charge on any atom is -0.462 e. The average Bonchev–Trinajstić information content (AvgIpc) is 2.54. The van der Waals surface area contributed by atoms with Gasteiger partial charge in [-0.3, -0.25) is 9.59 Å². The van der Waals surface area contributed by atoms with E-state index in [1.54, 1.807) is 0 Å². The van der Waals surface area contributed by atoms with Crippen molar-refractivity contribution in [2.45, 2.75) is 51.2 Å². The number of ether oxygens (including phenoxy) is 1. The molecule has 4 nitrogen and oxygen atoms in total. The zero-order valence-electron chi connectivity index (χ0n) is 9.72. The maximum Gasteiger partial charge on any atom is 0.293 e. The molecule has 2 fully saturated rings. The zero-order chi connectivity index (χ0) is 11.5. The van der Waals surface area contributed by atoms with Crippen LogP contribution in [-0.2, 0) is 14.3 Å². The van der Waals surface area contributed by atoms with Crippen LogP contribution in [0.4, 0.5) is 0 Å². The molecule has 1 saturated carbocycles. The molecule has 2 bridgehead atoms. The van der Waals surface area contributed by atoms with Crippen LogP contribution in [0.3, 0.4) is 0 Å². The number of carbonyl (C=O) groups is 2. The quantitative estimate of drug-likeness (QED) is 0.663. The van der Waals surface area contributed by atoms with Gasteiger partial charge >= 0.3 is 0 Å². The van der Waals surface area contributed by atoms with Crippen molar-refractivity contribution in [3.63, 3.8) is 0 Å². The molecular weight excluding hydrogens is 206 g/mol. The molecule has 0 radical (unpaired) electrons. The smallest absolute Gasteiger partial charge is 0.293 e. The third-order valence-electron chi connectivity index (χ3n) is 3.77. The van der Waals surface area contributed by atoms with Gasteiger partial charge in [0.05, 0.1) is 6.04 Å². The highest BCUT2D eigenvalue weighted by atomic mass is 16.5. The molecule has 0 spiro atoms. The number of hydrogen-bond acceptors (Lipinski definition) is 3. The summed E-state index contributed by atoms with van der Waals surface area (Å²) in [6.45, 7) is 3.45. The number of likely N-dealkylation sites (tertiary alicyclic amines) is 1. The minimum atomic E-state index is -0.0722. The maximum atomic E-state index is 12.0. The second-order valence-corrected chi connectivity index (χ2v) is 4.73. The number of rotatable bonds is 5. The molecule has 1 amide bonds. The summed E-state index contributed by atoms with van der Waals surface area (Å²) in [5.41, 5.74) is 0. The Morgan fingerprint density at radius 1 is 1.50 bits per heavy atom. The van der Waals surface area contributed by atoms with E-state index in [-0.39, 0.29) is 24.0 Å². The van der Waals surface area contributed by atoms with Crippen molar-refractivity contribution in [1.82, 2.24) is 4.90 Å². The lowest BCUT2D eigenvalue weighted by molar-refractivity contribution is -0.140. The first-order valence-electron chi connectivity index (χ1n) is 6.17. The molecule has 3 unspecified atom stereocenters. The van der Waals surface area contributed by atoms with Gasteiger partial charge in [-0.05, 0) is 25.7 Å². The highest BCUT2D eigenvalue weighted by Gasteiger charge is 2.47. The lowest BCUT2D eigenvalue weighted by atomic mass is 9.88. The average molecular weight is 225 g/mol. The Labute approximate surface area is 95.9 Å². The molecule has 1 aliphatic carbocycles. The molecule has 1 aliphatic heterocycles. The van der Waals surface area contributed by atoms with Gasteiger partial charge in [-0.2, -0.15) is 0 Å². The van der Waals surface area contributed by atoms with Gasteiger partial charge in [0.25, 0.3) is 6.47 Å². The predicted octanol–water partition coefficient (Wildman–Crippen LogP) is 1.34. The summed E-state index contributed by atoms with van der Waals surface area (Å²) in [7, 11) is 0. The van der Waals surface area contributed by atoms with Crippen molar-refractivity contribution < 1.29 is 14.3 Å².